The van der Waals surface area contributed by atoms with Crippen molar-refractivity contribution in [1.29, 1.82) is 0 Å². The summed E-state index contributed by atoms with van der Waals surface area (Å²) in [7, 11) is 0. The lowest BCUT2D eigenvalue weighted by atomic mass is 10.1. The van der Waals surface area contributed by atoms with Crippen molar-refractivity contribution in [3.8, 4) is 0 Å². The van der Waals surface area contributed by atoms with E-state index in [1.165, 1.54) is 83.5 Å². The van der Waals surface area contributed by atoms with Crippen molar-refractivity contribution in [2.24, 2.45) is 0 Å². The van der Waals surface area contributed by atoms with E-state index in [0.29, 0.717) is 19.3 Å². The molecule has 0 N–H and O–H groups in total. The van der Waals surface area contributed by atoms with Crippen molar-refractivity contribution in [1.82, 2.24) is 0 Å². The van der Waals surface area contributed by atoms with Crippen LogP contribution in [0, 0.1) is 0 Å². The van der Waals surface area contributed by atoms with Gasteiger partial charge in [0.15, 0.2) is 6.10 Å². The van der Waals surface area contributed by atoms with E-state index < -0.39 is 6.10 Å². The second-order valence-corrected chi connectivity index (χ2v) is 16.7. The average molecular weight is 863 g/mol. The number of unbranched alkanes of at least 4 members (excludes halogenated alkanes) is 20. The highest BCUT2D eigenvalue weighted by molar-refractivity contribution is 5.71. The van der Waals surface area contributed by atoms with E-state index in [9.17, 15) is 14.4 Å². The zero-order valence-corrected chi connectivity index (χ0v) is 40.4. The van der Waals surface area contributed by atoms with Gasteiger partial charge in [0.25, 0.3) is 0 Å². The Morgan fingerprint density at radius 1 is 0.323 bits per heavy atom. The molecule has 0 saturated heterocycles. The van der Waals surface area contributed by atoms with Crippen LogP contribution in [0.1, 0.15) is 233 Å². The molecule has 354 valence electrons. The smallest absolute Gasteiger partial charge is 0.306 e. The Kier molecular flexibility index (Phi) is 47.5. The lowest BCUT2D eigenvalue weighted by Gasteiger charge is -2.18. The zero-order valence-electron chi connectivity index (χ0n) is 40.4. The van der Waals surface area contributed by atoms with Crippen molar-refractivity contribution in [3.05, 3.63) is 85.1 Å². The molecule has 0 aliphatic rings. The Balaban J connectivity index is 4.51. The molecule has 0 radical (unpaired) electrons. The van der Waals surface area contributed by atoms with Crippen LogP contribution in [-0.2, 0) is 28.6 Å². The number of ether oxygens (including phenoxy) is 3. The number of hydrogen-bond donors (Lipinski definition) is 0. The molecule has 0 saturated carbocycles. The van der Waals surface area contributed by atoms with Gasteiger partial charge in [0.2, 0.25) is 0 Å². The number of rotatable bonds is 45. The molecule has 0 aliphatic heterocycles. The first-order chi connectivity index (χ1) is 30.5. The second kappa shape index (κ2) is 50.2. The maximum Gasteiger partial charge on any atom is 0.306 e. The highest BCUT2D eigenvalue weighted by atomic mass is 16.6. The fraction of sp³-hybridized carbons (Fsp3) is 0.696. The normalized spacial score (nSPS) is 12.8. The van der Waals surface area contributed by atoms with Crippen LogP contribution >= 0.6 is 0 Å². The first-order valence-electron chi connectivity index (χ1n) is 25.6. The monoisotopic (exact) mass is 863 g/mol. The topological polar surface area (TPSA) is 78.9 Å². The largest absolute Gasteiger partial charge is 0.462 e. The number of allylic oxidation sites excluding steroid dienone is 14. The Labute approximate surface area is 382 Å². The van der Waals surface area contributed by atoms with E-state index in [1.807, 2.05) is 0 Å². The van der Waals surface area contributed by atoms with Crippen molar-refractivity contribution < 1.29 is 28.6 Å². The van der Waals surface area contributed by atoms with Gasteiger partial charge in [-0.15, -0.1) is 0 Å². The van der Waals surface area contributed by atoms with Gasteiger partial charge in [-0.05, 0) is 116 Å². The average Bonchev–Trinajstić information content (AvgIpc) is 3.27. The maximum atomic E-state index is 12.8. The predicted molar refractivity (Wildman–Crippen MR) is 265 cm³/mol. The molecule has 0 aromatic carbocycles. The summed E-state index contributed by atoms with van der Waals surface area (Å²) in [5.41, 5.74) is 0. The Hall–Kier alpha value is -3.41. The summed E-state index contributed by atoms with van der Waals surface area (Å²) in [6.45, 7) is 6.48. The summed E-state index contributed by atoms with van der Waals surface area (Å²) < 4.78 is 16.7. The Morgan fingerprint density at radius 2 is 0.597 bits per heavy atom. The molecule has 0 aliphatic carbocycles. The minimum atomic E-state index is -0.808. The van der Waals surface area contributed by atoms with E-state index in [0.717, 1.165) is 103 Å². The molecule has 0 spiro atoms. The maximum absolute atomic E-state index is 12.8. The van der Waals surface area contributed by atoms with Gasteiger partial charge >= 0.3 is 17.9 Å². The minimum Gasteiger partial charge on any atom is -0.462 e. The van der Waals surface area contributed by atoms with Crippen LogP contribution in [0.15, 0.2) is 85.1 Å². The van der Waals surface area contributed by atoms with Crippen LogP contribution in [0.25, 0.3) is 0 Å². The van der Waals surface area contributed by atoms with E-state index in [4.69, 9.17) is 14.2 Å². The molecule has 6 heteroatoms. The lowest BCUT2D eigenvalue weighted by molar-refractivity contribution is -0.167. The molecule has 1 atom stereocenters. The SMILES string of the molecule is CCCCC/C=C\C/C=C\C/C=C\C/C=C\CCCC(=O)OC[C@@H](COC(=O)CCCCCCC/C=C\CCCCC)OC(=O)CCCCCCC/C=C\C/C=C\CCCCC. The first-order valence-corrected chi connectivity index (χ1v) is 25.6. The van der Waals surface area contributed by atoms with Crippen LogP contribution < -0.4 is 0 Å². The van der Waals surface area contributed by atoms with E-state index in [2.05, 4.69) is 106 Å². The number of esters is 3. The van der Waals surface area contributed by atoms with E-state index in [1.54, 1.807) is 0 Å². The van der Waals surface area contributed by atoms with Crippen LogP contribution in [-0.4, -0.2) is 37.2 Å². The van der Waals surface area contributed by atoms with Crippen LogP contribution in [0.4, 0.5) is 0 Å². The molecule has 0 fully saturated rings. The summed E-state index contributed by atoms with van der Waals surface area (Å²) in [5.74, 6) is -0.988. The summed E-state index contributed by atoms with van der Waals surface area (Å²) >= 11 is 0. The van der Waals surface area contributed by atoms with Crippen LogP contribution in [0.3, 0.4) is 0 Å². The lowest BCUT2D eigenvalue weighted by Crippen LogP contribution is -2.30. The first kappa shape index (κ1) is 58.6. The van der Waals surface area contributed by atoms with Crippen molar-refractivity contribution in [2.75, 3.05) is 13.2 Å². The van der Waals surface area contributed by atoms with Gasteiger partial charge in [0.05, 0.1) is 0 Å². The molecular weight excluding hydrogens is 769 g/mol. The molecule has 0 aromatic rings. The van der Waals surface area contributed by atoms with Gasteiger partial charge in [-0.1, -0.05) is 183 Å². The van der Waals surface area contributed by atoms with Gasteiger partial charge in [-0.25, -0.2) is 0 Å². The highest BCUT2D eigenvalue weighted by Gasteiger charge is 2.19. The molecule has 0 amide bonds. The molecular formula is C56H94O6. The van der Waals surface area contributed by atoms with Crippen LogP contribution in [0.2, 0.25) is 0 Å². The molecule has 0 aromatic heterocycles. The summed E-state index contributed by atoms with van der Waals surface area (Å²) in [4.78, 5) is 37.9. The van der Waals surface area contributed by atoms with Gasteiger partial charge < -0.3 is 14.2 Å². The van der Waals surface area contributed by atoms with E-state index >= 15 is 0 Å². The third-order valence-electron chi connectivity index (χ3n) is 10.6. The van der Waals surface area contributed by atoms with Crippen molar-refractivity contribution in [3.63, 3.8) is 0 Å². The fourth-order valence-electron chi connectivity index (χ4n) is 6.69. The fourth-order valence-corrected chi connectivity index (χ4v) is 6.69. The molecule has 0 unspecified atom stereocenters. The summed E-state index contributed by atoms with van der Waals surface area (Å²) in [6, 6.07) is 0. The third-order valence-corrected chi connectivity index (χ3v) is 10.6. The van der Waals surface area contributed by atoms with Crippen LogP contribution in [0.5, 0.6) is 0 Å². The van der Waals surface area contributed by atoms with Gasteiger partial charge in [0, 0.05) is 19.3 Å². The Morgan fingerprint density at radius 3 is 0.984 bits per heavy atom. The summed E-state index contributed by atoms with van der Waals surface area (Å²) in [6.07, 6.45) is 64.2. The van der Waals surface area contributed by atoms with Crippen molar-refractivity contribution in [2.45, 2.75) is 239 Å². The molecule has 0 bridgehead atoms. The number of carbonyl (C=O) groups excluding carboxylic acids is 3. The van der Waals surface area contributed by atoms with Gasteiger partial charge in [-0.2, -0.15) is 0 Å². The van der Waals surface area contributed by atoms with Gasteiger partial charge in [-0.3, -0.25) is 14.4 Å². The minimum absolute atomic E-state index is 0.104. The van der Waals surface area contributed by atoms with Gasteiger partial charge in [0.1, 0.15) is 13.2 Å². The Bertz CT molecular complexity index is 1220. The molecule has 0 rings (SSSR count). The standard InChI is InChI=1S/C56H94O6/c1-4-7-10-13-16-19-22-25-27-28-30-31-34-37-40-43-46-49-55(58)61-52-53(51-60-54(57)48-45-42-39-36-33-24-21-18-15-12-9-6-3)62-56(59)50-47-44-41-38-35-32-29-26-23-20-17-14-11-8-5-2/h16-21,25-27,29-31,37,40,53H,4-15,22-24,28,32-36,38-39,41-52H2,1-3H3/b19-16-,20-17-,21-18-,27-25-,29-26-,31-30-,40-37-/t53-/m1/s1. The van der Waals surface area contributed by atoms with E-state index in [-0.39, 0.29) is 37.5 Å². The highest BCUT2D eigenvalue weighted by Crippen LogP contribution is 2.13. The molecule has 0 heterocycles. The second-order valence-electron chi connectivity index (χ2n) is 16.7. The molecule has 62 heavy (non-hydrogen) atoms. The zero-order chi connectivity index (χ0) is 45.1. The quantitative estimate of drug-likeness (QED) is 0.0263. The van der Waals surface area contributed by atoms with Crippen molar-refractivity contribution >= 4 is 17.9 Å². The number of hydrogen-bond acceptors (Lipinski definition) is 6. The molecule has 6 nitrogen and oxygen atoms in total. The summed E-state index contributed by atoms with van der Waals surface area (Å²) in [5, 5.41) is 0. The third kappa shape index (κ3) is 47.6. The number of carbonyl (C=O) groups is 3. The predicted octanol–water partition coefficient (Wildman–Crippen LogP) is 16.8.